The summed E-state index contributed by atoms with van der Waals surface area (Å²) in [7, 11) is -0.862. The molecular formula is C16H23O4P. The molecule has 0 amide bonds. The van der Waals surface area contributed by atoms with Crippen molar-refractivity contribution in [3.63, 3.8) is 0 Å². The smallest absolute Gasteiger partial charge is 0.330 e. The van der Waals surface area contributed by atoms with E-state index in [9.17, 15) is 4.79 Å². The maximum atomic E-state index is 11.2. The molecule has 5 heteroatoms. The summed E-state index contributed by atoms with van der Waals surface area (Å²) in [4.78, 5) is 11.2. The highest BCUT2D eigenvalue weighted by atomic mass is 31.2. The highest BCUT2D eigenvalue weighted by Crippen LogP contribution is 2.41. The predicted octanol–water partition coefficient (Wildman–Crippen LogP) is 4.15. The van der Waals surface area contributed by atoms with Crippen molar-refractivity contribution in [3.05, 3.63) is 41.5 Å². The Labute approximate surface area is 128 Å². The van der Waals surface area contributed by atoms with Crippen LogP contribution in [0.5, 0.6) is 0 Å². The maximum Gasteiger partial charge on any atom is 0.330 e. The van der Waals surface area contributed by atoms with Crippen LogP contribution < -0.4 is 0 Å². The maximum absolute atomic E-state index is 11.2. The van der Waals surface area contributed by atoms with Crippen LogP contribution in [0.15, 0.2) is 30.3 Å². The fraction of sp³-hybridized carbons (Fsp3) is 0.438. The third kappa shape index (κ3) is 7.37. The summed E-state index contributed by atoms with van der Waals surface area (Å²) in [5.41, 5.74) is 2.13. The largest absolute Gasteiger partial charge is 0.463 e. The fourth-order valence-electron chi connectivity index (χ4n) is 1.65. The molecule has 0 N–H and O–H groups in total. The Kier molecular flexibility index (Phi) is 8.91. The molecule has 0 bridgehead atoms. The first-order valence-electron chi connectivity index (χ1n) is 7.16. The zero-order valence-corrected chi connectivity index (χ0v) is 13.8. The average Bonchev–Trinajstić information content (AvgIpc) is 2.47. The Balaban J connectivity index is 2.58. The van der Waals surface area contributed by atoms with Crippen molar-refractivity contribution in [3.8, 4) is 0 Å². The van der Waals surface area contributed by atoms with E-state index in [1.807, 2.05) is 38.1 Å². The Morgan fingerprint density at radius 1 is 1.05 bits per heavy atom. The van der Waals surface area contributed by atoms with Crippen LogP contribution in [-0.4, -0.2) is 25.8 Å². The number of rotatable bonds is 9. The van der Waals surface area contributed by atoms with Crippen LogP contribution >= 0.6 is 8.38 Å². The second kappa shape index (κ2) is 10.5. The SMILES string of the molecule is CCOC(=O)/C=C/c1ccc(CP(OCC)OCC)cc1. The highest BCUT2D eigenvalue weighted by Gasteiger charge is 2.09. The molecule has 1 aromatic rings. The number of ether oxygens (including phenoxy) is 1. The van der Waals surface area contributed by atoms with E-state index in [1.165, 1.54) is 6.08 Å². The first kappa shape index (κ1) is 17.8. The standard InChI is InChI=1S/C16H23O4P/c1-4-18-16(17)12-11-14-7-9-15(10-8-14)13-21(19-5-2)20-6-3/h7-12H,4-6,13H2,1-3H3/b12-11+. The minimum atomic E-state index is -0.862. The van der Waals surface area contributed by atoms with Gasteiger partial charge in [0.2, 0.25) is 0 Å². The van der Waals surface area contributed by atoms with Crippen LogP contribution in [0.4, 0.5) is 0 Å². The molecule has 0 heterocycles. The number of carbonyl (C=O) groups is 1. The molecule has 4 nitrogen and oxygen atoms in total. The van der Waals surface area contributed by atoms with Crippen molar-refractivity contribution in [2.75, 3.05) is 19.8 Å². The lowest BCUT2D eigenvalue weighted by Crippen LogP contribution is -1.98. The summed E-state index contributed by atoms with van der Waals surface area (Å²) in [5.74, 6) is -0.321. The van der Waals surface area contributed by atoms with Crippen LogP contribution in [0.1, 0.15) is 31.9 Å². The van der Waals surface area contributed by atoms with Gasteiger partial charge in [-0.3, -0.25) is 0 Å². The van der Waals surface area contributed by atoms with Gasteiger partial charge in [-0.15, -0.1) is 0 Å². The third-order valence-corrected chi connectivity index (χ3v) is 4.25. The van der Waals surface area contributed by atoms with E-state index in [-0.39, 0.29) is 5.97 Å². The molecule has 0 atom stereocenters. The molecule has 0 aromatic heterocycles. The van der Waals surface area contributed by atoms with Crippen LogP contribution in [-0.2, 0) is 24.7 Å². The molecule has 0 aliphatic carbocycles. The minimum absolute atomic E-state index is 0.321. The van der Waals surface area contributed by atoms with Gasteiger partial charge in [0, 0.05) is 12.2 Å². The van der Waals surface area contributed by atoms with Crippen molar-refractivity contribution in [1.29, 1.82) is 0 Å². The van der Waals surface area contributed by atoms with E-state index < -0.39 is 8.38 Å². The summed E-state index contributed by atoms with van der Waals surface area (Å²) in [6, 6.07) is 7.99. The van der Waals surface area contributed by atoms with Gasteiger partial charge in [-0.05, 0) is 38.0 Å². The molecule has 0 saturated heterocycles. The van der Waals surface area contributed by atoms with E-state index in [1.54, 1.807) is 13.0 Å². The first-order chi connectivity index (χ1) is 10.2. The number of benzene rings is 1. The Morgan fingerprint density at radius 3 is 2.19 bits per heavy atom. The van der Waals surface area contributed by atoms with Gasteiger partial charge in [-0.25, -0.2) is 4.79 Å². The topological polar surface area (TPSA) is 44.8 Å². The van der Waals surface area contributed by atoms with Gasteiger partial charge in [-0.1, -0.05) is 24.3 Å². The average molecular weight is 310 g/mol. The summed E-state index contributed by atoms with van der Waals surface area (Å²) in [5, 5.41) is 0. The molecule has 0 aliphatic heterocycles. The molecule has 0 unspecified atom stereocenters. The lowest BCUT2D eigenvalue weighted by Gasteiger charge is -2.15. The third-order valence-electron chi connectivity index (χ3n) is 2.54. The summed E-state index contributed by atoms with van der Waals surface area (Å²) >= 11 is 0. The van der Waals surface area contributed by atoms with Gasteiger partial charge >= 0.3 is 5.97 Å². The zero-order valence-electron chi connectivity index (χ0n) is 12.9. The van der Waals surface area contributed by atoms with Crippen molar-refractivity contribution in [2.24, 2.45) is 0 Å². The van der Waals surface area contributed by atoms with Crippen LogP contribution in [0, 0.1) is 0 Å². The molecule has 0 radical (unpaired) electrons. The molecule has 1 aromatic carbocycles. The van der Waals surface area contributed by atoms with Gasteiger partial charge in [0.25, 0.3) is 0 Å². The van der Waals surface area contributed by atoms with Crippen molar-refractivity contribution >= 4 is 20.4 Å². The molecule has 21 heavy (non-hydrogen) atoms. The van der Waals surface area contributed by atoms with Gasteiger partial charge in [0.1, 0.15) is 0 Å². The number of hydrogen-bond donors (Lipinski definition) is 0. The van der Waals surface area contributed by atoms with E-state index in [2.05, 4.69) is 0 Å². The molecule has 116 valence electrons. The summed E-state index contributed by atoms with van der Waals surface area (Å²) in [6.45, 7) is 7.43. The predicted molar refractivity (Wildman–Crippen MR) is 86.0 cm³/mol. The van der Waals surface area contributed by atoms with Crippen LogP contribution in [0.3, 0.4) is 0 Å². The quantitative estimate of drug-likeness (QED) is 0.390. The monoisotopic (exact) mass is 310 g/mol. The normalized spacial score (nSPS) is 11.2. The number of esters is 1. The van der Waals surface area contributed by atoms with Gasteiger partial charge < -0.3 is 13.8 Å². The van der Waals surface area contributed by atoms with E-state index in [0.29, 0.717) is 19.8 Å². The molecule has 0 aliphatic rings. The molecule has 0 spiro atoms. The van der Waals surface area contributed by atoms with Crippen LogP contribution in [0.2, 0.25) is 0 Å². The number of hydrogen-bond acceptors (Lipinski definition) is 4. The highest BCUT2D eigenvalue weighted by molar-refractivity contribution is 7.46. The summed E-state index contributed by atoms with van der Waals surface area (Å²) < 4.78 is 16.0. The van der Waals surface area contributed by atoms with E-state index in [0.717, 1.165) is 17.3 Å². The zero-order chi connectivity index (χ0) is 15.5. The Bertz CT molecular complexity index is 436. The first-order valence-corrected chi connectivity index (χ1v) is 8.53. The number of carbonyl (C=O) groups excluding carboxylic acids is 1. The summed E-state index contributed by atoms with van der Waals surface area (Å²) in [6.07, 6.45) is 3.96. The van der Waals surface area contributed by atoms with Gasteiger partial charge in [0.05, 0.1) is 19.8 Å². The second-order valence-corrected chi connectivity index (χ2v) is 5.65. The second-order valence-electron chi connectivity index (χ2n) is 4.15. The minimum Gasteiger partial charge on any atom is -0.463 e. The van der Waals surface area contributed by atoms with E-state index in [4.69, 9.17) is 13.8 Å². The van der Waals surface area contributed by atoms with Gasteiger partial charge in [-0.2, -0.15) is 0 Å². The Morgan fingerprint density at radius 2 is 1.67 bits per heavy atom. The molecule has 0 saturated carbocycles. The molecular weight excluding hydrogens is 287 g/mol. The molecule has 1 rings (SSSR count). The van der Waals surface area contributed by atoms with Gasteiger partial charge in [0.15, 0.2) is 8.38 Å². The fourth-order valence-corrected chi connectivity index (χ4v) is 3.00. The molecule has 0 fully saturated rings. The lowest BCUT2D eigenvalue weighted by atomic mass is 10.1. The van der Waals surface area contributed by atoms with Crippen molar-refractivity contribution in [1.82, 2.24) is 0 Å². The van der Waals surface area contributed by atoms with Crippen molar-refractivity contribution in [2.45, 2.75) is 26.9 Å². The van der Waals surface area contributed by atoms with E-state index >= 15 is 0 Å². The Hall–Kier alpha value is -1.22. The lowest BCUT2D eigenvalue weighted by molar-refractivity contribution is -0.137. The van der Waals surface area contributed by atoms with Crippen molar-refractivity contribution < 1.29 is 18.6 Å². The van der Waals surface area contributed by atoms with Crippen LogP contribution in [0.25, 0.3) is 6.08 Å².